The van der Waals surface area contributed by atoms with Crippen molar-refractivity contribution in [3.63, 3.8) is 0 Å². The normalized spacial score (nSPS) is 11.8. The monoisotopic (exact) mass is 168 g/mol. The van der Waals surface area contributed by atoms with Gasteiger partial charge < -0.3 is 0 Å². The fraction of sp³-hybridized carbons (Fsp3) is 0.727. The third-order valence-corrected chi connectivity index (χ3v) is 1.52. The van der Waals surface area contributed by atoms with Crippen molar-refractivity contribution in [2.24, 2.45) is 11.8 Å². The molecule has 0 bridgehead atoms. The Bertz CT molecular complexity index is 154. The second-order valence-corrected chi connectivity index (χ2v) is 4.10. The highest BCUT2D eigenvalue weighted by atomic mass is 16.1. The minimum Gasteiger partial charge on any atom is -0.295 e. The van der Waals surface area contributed by atoms with Gasteiger partial charge in [0.1, 0.15) is 0 Å². The van der Waals surface area contributed by atoms with Crippen LogP contribution < -0.4 is 0 Å². The SMILES string of the molecule is CC(C)CC=CC(=O)CC(C)C. The third kappa shape index (κ3) is 7.52. The molecule has 0 amide bonds. The van der Waals surface area contributed by atoms with Crippen LogP contribution in [0.5, 0.6) is 0 Å². The number of carbonyl (C=O) groups excluding carboxylic acids is 1. The summed E-state index contributed by atoms with van der Waals surface area (Å²) in [5, 5.41) is 0. The summed E-state index contributed by atoms with van der Waals surface area (Å²) in [6.07, 6.45) is 5.38. The van der Waals surface area contributed by atoms with Gasteiger partial charge in [0.05, 0.1) is 0 Å². The van der Waals surface area contributed by atoms with Gasteiger partial charge in [-0.2, -0.15) is 0 Å². The second kappa shape index (κ2) is 5.99. The number of carbonyl (C=O) groups is 1. The Morgan fingerprint density at radius 3 is 2.17 bits per heavy atom. The zero-order chi connectivity index (χ0) is 9.56. The van der Waals surface area contributed by atoms with Gasteiger partial charge in [0.2, 0.25) is 0 Å². The van der Waals surface area contributed by atoms with Crippen molar-refractivity contribution >= 4 is 5.78 Å². The van der Waals surface area contributed by atoms with Gasteiger partial charge in [-0.05, 0) is 24.3 Å². The van der Waals surface area contributed by atoms with Gasteiger partial charge in [-0.3, -0.25) is 4.79 Å². The van der Waals surface area contributed by atoms with Crippen LogP contribution in [0.15, 0.2) is 12.2 Å². The van der Waals surface area contributed by atoms with Gasteiger partial charge in [0.25, 0.3) is 0 Å². The topological polar surface area (TPSA) is 17.1 Å². The molecule has 0 aliphatic rings. The maximum Gasteiger partial charge on any atom is 0.155 e. The van der Waals surface area contributed by atoms with Crippen LogP contribution in [0.4, 0.5) is 0 Å². The highest BCUT2D eigenvalue weighted by Gasteiger charge is 1.99. The summed E-state index contributed by atoms with van der Waals surface area (Å²) in [5.41, 5.74) is 0. The van der Waals surface area contributed by atoms with Crippen molar-refractivity contribution in [2.45, 2.75) is 40.5 Å². The van der Waals surface area contributed by atoms with E-state index in [0.29, 0.717) is 18.3 Å². The lowest BCUT2D eigenvalue weighted by atomic mass is 10.1. The van der Waals surface area contributed by atoms with E-state index < -0.39 is 0 Å². The van der Waals surface area contributed by atoms with Crippen molar-refractivity contribution in [3.05, 3.63) is 12.2 Å². The lowest BCUT2D eigenvalue weighted by Crippen LogP contribution is -1.98. The summed E-state index contributed by atoms with van der Waals surface area (Å²) < 4.78 is 0. The van der Waals surface area contributed by atoms with E-state index in [1.165, 1.54) is 0 Å². The molecule has 0 radical (unpaired) electrons. The molecule has 0 rings (SSSR count). The molecule has 0 unspecified atom stereocenters. The first-order valence-electron chi connectivity index (χ1n) is 4.71. The molecule has 0 aliphatic carbocycles. The molecule has 0 aromatic heterocycles. The average Bonchev–Trinajstić information content (AvgIpc) is 1.84. The maximum absolute atomic E-state index is 11.1. The molecule has 0 spiro atoms. The number of rotatable bonds is 5. The minimum absolute atomic E-state index is 0.255. The Hall–Kier alpha value is -0.590. The van der Waals surface area contributed by atoms with E-state index in [9.17, 15) is 4.79 Å². The molecule has 1 nitrogen and oxygen atoms in total. The number of hydrogen-bond acceptors (Lipinski definition) is 1. The summed E-state index contributed by atoms with van der Waals surface area (Å²) in [6, 6.07) is 0. The van der Waals surface area contributed by atoms with Crippen LogP contribution in [0.25, 0.3) is 0 Å². The number of allylic oxidation sites excluding steroid dienone is 2. The van der Waals surface area contributed by atoms with E-state index in [4.69, 9.17) is 0 Å². The van der Waals surface area contributed by atoms with Crippen LogP contribution in [-0.2, 0) is 4.79 Å². The highest BCUT2D eigenvalue weighted by Crippen LogP contribution is 2.03. The lowest BCUT2D eigenvalue weighted by Gasteiger charge is -1.99. The molecular formula is C11H20O. The van der Waals surface area contributed by atoms with Gasteiger partial charge in [-0.1, -0.05) is 33.8 Å². The molecule has 70 valence electrons. The molecule has 0 atom stereocenters. The van der Waals surface area contributed by atoms with Crippen molar-refractivity contribution in [1.82, 2.24) is 0 Å². The molecule has 0 saturated carbocycles. The smallest absolute Gasteiger partial charge is 0.155 e. The zero-order valence-electron chi connectivity index (χ0n) is 8.63. The summed E-state index contributed by atoms with van der Waals surface area (Å²) in [7, 11) is 0. The molecule has 0 aromatic carbocycles. The number of hydrogen-bond donors (Lipinski definition) is 0. The Kier molecular flexibility index (Phi) is 5.69. The van der Waals surface area contributed by atoms with E-state index in [1.54, 1.807) is 6.08 Å². The average molecular weight is 168 g/mol. The quantitative estimate of drug-likeness (QED) is 0.576. The summed E-state index contributed by atoms with van der Waals surface area (Å²) in [6.45, 7) is 8.43. The molecule has 0 aromatic rings. The predicted molar refractivity (Wildman–Crippen MR) is 53.1 cm³/mol. The molecule has 0 aliphatic heterocycles. The molecule has 12 heavy (non-hydrogen) atoms. The van der Waals surface area contributed by atoms with Crippen LogP contribution in [0.1, 0.15) is 40.5 Å². The van der Waals surface area contributed by atoms with Crippen LogP contribution in [-0.4, -0.2) is 5.78 Å². The maximum atomic E-state index is 11.1. The van der Waals surface area contributed by atoms with Gasteiger partial charge >= 0.3 is 0 Å². The second-order valence-electron chi connectivity index (χ2n) is 4.10. The van der Waals surface area contributed by atoms with E-state index >= 15 is 0 Å². The Labute approximate surface area is 75.9 Å². The molecule has 0 fully saturated rings. The van der Waals surface area contributed by atoms with Gasteiger partial charge in [0.15, 0.2) is 5.78 Å². The first-order chi connectivity index (χ1) is 5.52. The van der Waals surface area contributed by atoms with Crippen molar-refractivity contribution in [1.29, 1.82) is 0 Å². The Morgan fingerprint density at radius 2 is 1.75 bits per heavy atom. The van der Waals surface area contributed by atoms with Crippen molar-refractivity contribution < 1.29 is 4.79 Å². The van der Waals surface area contributed by atoms with Crippen molar-refractivity contribution in [3.8, 4) is 0 Å². The van der Waals surface area contributed by atoms with Crippen LogP contribution in [0, 0.1) is 11.8 Å². The fourth-order valence-corrected chi connectivity index (χ4v) is 0.942. The first-order valence-corrected chi connectivity index (χ1v) is 4.71. The van der Waals surface area contributed by atoms with Crippen LogP contribution >= 0.6 is 0 Å². The summed E-state index contributed by atoms with van der Waals surface area (Å²) in [4.78, 5) is 11.1. The van der Waals surface area contributed by atoms with E-state index in [2.05, 4.69) is 27.7 Å². The molecular weight excluding hydrogens is 148 g/mol. The minimum atomic E-state index is 0.255. The highest BCUT2D eigenvalue weighted by molar-refractivity contribution is 5.89. The largest absolute Gasteiger partial charge is 0.295 e. The Morgan fingerprint density at radius 1 is 1.17 bits per heavy atom. The fourth-order valence-electron chi connectivity index (χ4n) is 0.942. The van der Waals surface area contributed by atoms with Crippen LogP contribution in [0.3, 0.4) is 0 Å². The standard InChI is InChI=1S/C11H20O/c1-9(2)6-5-7-11(12)8-10(3)4/h5,7,9-10H,6,8H2,1-4H3. The molecule has 0 heterocycles. The Balaban J connectivity index is 3.61. The summed E-state index contributed by atoms with van der Waals surface area (Å²) in [5.74, 6) is 1.37. The number of ketones is 1. The van der Waals surface area contributed by atoms with E-state index in [0.717, 1.165) is 6.42 Å². The summed E-state index contributed by atoms with van der Waals surface area (Å²) >= 11 is 0. The van der Waals surface area contributed by atoms with Gasteiger partial charge in [0, 0.05) is 6.42 Å². The van der Waals surface area contributed by atoms with Crippen LogP contribution in [0.2, 0.25) is 0 Å². The van der Waals surface area contributed by atoms with Gasteiger partial charge in [-0.25, -0.2) is 0 Å². The molecule has 1 heteroatoms. The molecule has 0 saturated heterocycles. The predicted octanol–water partition coefficient (Wildman–Crippen LogP) is 3.20. The first kappa shape index (κ1) is 11.4. The van der Waals surface area contributed by atoms with E-state index in [1.807, 2.05) is 6.08 Å². The third-order valence-electron chi connectivity index (χ3n) is 1.52. The van der Waals surface area contributed by atoms with Crippen molar-refractivity contribution in [2.75, 3.05) is 0 Å². The molecule has 0 N–H and O–H groups in total. The van der Waals surface area contributed by atoms with E-state index in [-0.39, 0.29) is 5.78 Å². The van der Waals surface area contributed by atoms with Gasteiger partial charge in [-0.15, -0.1) is 0 Å². The lowest BCUT2D eigenvalue weighted by molar-refractivity contribution is -0.115. The zero-order valence-corrected chi connectivity index (χ0v) is 8.63.